The van der Waals surface area contributed by atoms with E-state index >= 15 is 0 Å². The predicted molar refractivity (Wildman–Crippen MR) is 126 cm³/mol. The Morgan fingerprint density at radius 3 is 2.17 bits per heavy atom. The summed E-state index contributed by atoms with van der Waals surface area (Å²) in [5.41, 5.74) is -0.742. The van der Waals surface area contributed by atoms with Gasteiger partial charge in [-0.1, -0.05) is 30.3 Å². The molecule has 0 aliphatic carbocycles. The van der Waals surface area contributed by atoms with Crippen molar-refractivity contribution >= 4 is 24.2 Å². The van der Waals surface area contributed by atoms with Gasteiger partial charge in [0, 0.05) is 6.54 Å². The smallest absolute Gasteiger partial charge is 0.430 e. The number of hydrazine groups is 1. The molecule has 35 heavy (non-hydrogen) atoms. The monoisotopic (exact) mass is 489 g/mol. The predicted octanol–water partition coefficient (Wildman–Crippen LogP) is 4.13. The maximum Gasteiger partial charge on any atom is 0.430 e. The first-order chi connectivity index (χ1) is 16.3. The van der Waals surface area contributed by atoms with Gasteiger partial charge in [-0.05, 0) is 66.4 Å². The third kappa shape index (κ3) is 6.64. The van der Waals surface area contributed by atoms with Gasteiger partial charge in [0.15, 0.2) is 0 Å². The first-order valence-corrected chi connectivity index (χ1v) is 11.8. The zero-order valence-corrected chi connectivity index (χ0v) is 21.3. The van der Waals surface area contributed by atoms with Gasteiger partial charge in [-0.3, -0.25) is 4.79 Å². The number of nitrogens with zero attached hydrogens (tertiary/aromatic N) is 3. The number of imide groups is 1. The van der Waals surface area contributed by atoms with Crippen LogP contribution in [-0.2, 0) is 25.4 Å². The summed E-state index contributed by atoms with van der Waals surface area (Å²) in [5.74, 6) is -0.618. The van der Waals surface area contributed by atoms with Crippen molar-refractivity contribution in [2.24, 2.45) is 0 Å². The van der Waals surface area contributed by atoms with E-state index in [1.165, 1.54) is 0 Å². The van der Waals surface area contributed by atoms with Crippen LogP contribution in [0.2, 0.25) is 0 Å². The minimum atomic E-state index is -1.13. The van der Waals surface area contributed by atoms with Crippen molar-refractivity contribution in [1.29, 1.82) is 0 Å². The van der Waals surface area contributed by atoms with Crippen molar-refractivity contribution in [2.45, 2.75) is 84.1 Å². The van der Waals surface area contributed by atoms with Crippen LogP contribution in [0, 0.1) is 0 Å². The van der Waals surface area contributed by atoms with Crippen molar-refractivity contribution in [1.82, 2.24) is 14.9 Å². The molecule has 2 aliphatic heterocycles. The van der Waals surface area contributed by atoms with Gasteiger partial charge >= 0.3 is 18.3 Å². The fraction of sp³-hybridized carbons (Fsp3) is 0.600. The summed E-state index contributed by atoms with van der Waals surface area (Å²) < 4.78 is 16.2. The number of amides is 4. The Bertz CT molecular complexity index is 952. The lowest BCUT2D eigenvalue weighted by Gasteiger charge is -2.44. The van der Waals surface area contributed by atoms with E-state index in [0.717, 1.165) is 20.5 Å². The Morgan fingerprint density at radius 1 is 0.971 bits per heavy atom. The molecule has 10 nitrogen and oxygen atoms in total. The molecule has 192 valence electrons. The highest BCUT2D eigenvalue weighted by molar-refractivity contribution is 5.98. The van der Waals surface area contributed by atoms with E-state index in [2.05, 4.69) is 0 Å². The van der Waals surface area contributed by atoms with Crippen molar-refractivity contribution in [2.75, 3.05) is 13.2 Å². The number of carbonyl (C=O) groups is 4. The van der Waals surface area contributed by atoms with Crippen molar-refractivity contribution in [3.8, 4) is 0 Å². The van der Waals surface area contributed by atoms with Gasteiger partial charge in [0.2, 0.25) is 0 Å². The molecular weight excluding hydrogens is 454 g/mol. The summed E-state index contributed by atoms with van der Waals surface area (Å²) in [6, 6.07) is 7.79. The highest BCUT2D eigenvalue weighted by Crippen LogP contribution is 2.28. The largest absolute Gasteiger partial charge is 0.447 e. The first kappa shape index (κ1) is 26.3. The number of cyclic esters (lactones) is 1. The fourth-order valence-corrected chi connectivity index (χ4v) is 4.02. The summed E-state index contributed by atoms with van der Waals surface area (Å²) in [6.07, 6.45) is -1.32. The molecule has 2 atom stereocenters. The molecule has 10 heteroatoms. The molecule has 0 bridgehead atoms. The van der Waals surface area contributed by atoms with Gasteiger partial charge in [-0.25, -0.2) is 29.3 Å². The molecule has 2 aliphatic rings. The minimum Gasteiger partial charge on any atom is -0.447 e. The Labute approximate surface area is 206 Å². The van der Waals surface area contributed by atoms with E-state index in [4.69, 9.17) is 14.2 Å². The zero-order valence-electron chi connectivity index (χ0n) is 21.3. The third-order valence-electron chi connectivity index (χ3n) is 5.39. The highest BCUT2D eigenvalue weighted by atomic mass is 16.6. The molecule has 0 saturated carbocycles. The SMILES string of the molecule is CC(C)(C)OC(=O)N1CCC[C@@H](C(=O)N2C(=O)OC[C@@H]2Cc2ccccc2)N1C(=O)OC(C)(C)C. The van der Waals surface area contributed by atoms with E-state index < -0.39 is 47.5 Å². The van der Waals surface area contributed by atoms with E-state index in [1.807, 2.05) is 30.3 Å². The molecule has 0 spiro atoms. The van der Waals surface area contributed by atoms with Crippen LogP contribution in [0.3, 0.4) is 0 Å². The second kappa shape index (κ2) is 10.1. The summed E-state index contributed by atoms with van der Waals surface area (Å²) in [7, 11) is 0. The van der Waals surface area contributed by atoms with Crippen LogP contribution >= 0.6 is 0 Å². The highest BCUT2D eigenvalue weighted by Gasteiger charge is 2.48. The Morgan fingerprint density at radius 2 is 1.57 bits per heavy atom. The summed E-state index contributed by atoms with van der Waals surface area (Å²) >= 11 is 0. The fourth-order valence-electron chi connectivity index (χ4n) is 4.02. The maximum atomic E-state index is 13.7. The van der Waals surface area contributed by atoms with Crippen molar-refractivity contribution < 1.29 is 33.4 Å². The van der Waals surface area contributed by atoms with Gasteiger partial charge in [-0.15, -0.1) is 0 Å². The topological polar surface area (TPSA) is 106 Å². The van der Waals surface area contributed by atoms with Crippen molar-refractivity contribution in [3.63, 3.8) is 0 Å². The van der Waals surface area contributed by atoms with Crippen LogP contribution in [0.5, 0.6) is 0 Å². The third-order valence-corrected chi connectivity index (χ3v) is 5.39. The van der Waals surface area contributed by atoms with Crippen LogP contribution in [0.1, 0.15) is 59.9 Å². The van der Waals surface area contributed by atoms with E-state index in [1.54, 1.807) is 41.5 Å². The molecule has 2 heterocycles. The van der Waals surface area contributed by atoms with E-state index in [-0.39, 0.29) is 19.6 Å². The Hall–Kier alpha value is -3.30. The van der Waals surface area contributed by atoms with Crippen LogP contribution in [0.4, 0.5) is 14.4 Å². The first-order valence-electron chi connectivity index (χ1n) is 11.8. The lowest BCUT2D eigenvalue weighted by atomic mass is 10.0. The molecule has 2 saturated heterocycles. The molecule has 2 fully saturated rings. The number of ether oxygens (including phenoxy) is 3. The number of benzene rings is 1. The molecule has 1 aromatic rings. The second-order valence-electron chi connectivity index (χ2n) is 10.7. The average molecular weight is 490 g/mol. The number of hydrogen-bond donors (Lipinski definition) is 0. The van der Waals surface area contributed by atoms with Gasteiger partial charge in [-0.2, -0.15) is 0 Å². The molecular formula is C25H35N3O7. The zero-order chi connectivity index (χ0) is 26.0. The van der Waals surface area contributed by atoms with Gasteiger partial charge < -0.3 is 14.2 Å². The molecule has 0 radical (unpaired) electrons. The molecule has 0 N–H and O–H groups in total. The van der Waals surface area contributed by atoms with Crippen molar-refractivity contribution in [3.05, 3.63) is 35.9 Å². The summed E-state index contributed by atoms with van der Waals surface area (Å²) in [4.78, 5) is 53.7. The van der Waals surface area contributed by atoms with Gasteiger partial charge in [0.25, 0.3) is 5.91 Å². The number of hydrogen-bond acceptors (Lipinski definition) is 7. The quantitative estimate of drug-likeness (QED) is 0.588. The Kier molecular flexibility index (Phi) is 7.62. The van der Waals surface area contributed by atoms with Gasteiger partial charge in [0.1, 0.15) is 23.9 Å². The van der Waals surface area contributed by atoms with Gasteiger partial charge in [0.05, 0.1) is 6.04 Å². The lowest BCUT2D eigenvalue weighted by Crippen LogP contribution is -2.64. The van der Waals surface area contributed by atoms with Crippen LogP contribution in [-0.4, -0.2) is 75.5 Å². The molecule has 0 aromatic heterocycles. The second-order valence-corrected chi connectivity index (χ2v) is 10.7. The van der Waals surface area contributed by atoms with Crippen LogP contribution < -0.4 is 0 Å². The van der Waals surface area contributed by atoms with Crippen LogP contribution in [0.25, 0.3) is 0 Å². The average Bonchev–Trinajstić information content (AvgIpc) is 3.10. The maximum absolute atomic E-state index is 13.7. The standard InChI is InChI=1S/C25H35N3O7/c1-24(2,3)34-21(30)26-14-10-13-19(28(26)23(32)35-25(4,5)6)20(29)27-18(16-33-22(27)31)15-17-11-8-7-9-12-17/h7-9,11-12,18-19H,10,13-16H2,1-6H3/t18-,19-/m0/s1. The van der Waals surface area contributed by atoms with Crippen LogP contribution in [0.15, 0.2) is 30.3 Å². The van der Waals surface area contributed by atoms with E-state index in [0.29, 0.717) is 12.8 Å². The lowest BCUT2D eigenvalue weighted by molar-refractivity contribution is -0.147. The molecule has 1 aromatic carbocycles. The summed E-state index contributed by atoms with van der Waals surface area (Å²) in [5, 5.41) is 2.09. The summed E-state index contributed by atoms with van der Waals surface area (Å²) in [6.45, 7) is 10.4. The number of rotatable bonds is 3. The Balaban J connectivity index is 1.90. The van der Waals surface area contributed by atoms with E-state index in [9.17, 15) is 19.2 Å². The molecule has 4 amide bonds. The molecule has 3 rings (SSSR count). The molecule has 0 unspecified atom stereocenters. The normalized spacial score (nSPS) is 21.0. The number of carbonyl (C=O) groups excluding carboxylic acids is 4. The minimum absolute atomic E-state index is 0.0500.